The minimum absolute atomic E-state index is 0.528. The first-order valence-corrected chi connectivity index (χ1v) is 8.69. The monoisotopic (exact) mass is 345 g/mol. The van der Waals surface area contributed by atoms with Crippen molar-refractivity contribution in [2.24, 2.45) is 0 Å². The Morgan fingerprint density at radius 3 is 2.57 bits per heavy atom. The number of benzene rings is 1. The van der Waals surface area contributed by atoms with Crippen LogP contribution in [0.2, 0.25) is 0 Å². The van der Waals surface area contributed by atoms with Gasteiger partial charge in [0.05, 0.1) is 22.1 Å². The fourth-order valence-corrected chi connectivity index (χ4v) is 3.84. The number of nitrogens with one attached hydrogen (secondary N) is 1. The van der Waals surface area contributed by atoms with E-state index in [2.05, 4.69) is 55.3 Å². The Morgan fingerprint density at radius 1 is 1.10 bits per heavy atom. The van der Waals surface area contributed by atoms with Gasteiger partial charge in [-0.05, 0) is 65.9 Å². The minimum Gasteiger partial charge on any atom is -0.310 e. The Hall–Kier alpha value is -1.13. The zero-order chi connectivity index (χ0) is 14.2. The molecule has 1 atom stereocenters. The molecule has 110 valence electrons. The summed E-state index contributed by atoms with van der Waals surface area (Å²) in [6.45, 7) is 1.14. The first-order valence-electron chi connectivity index (χ1n) is 7.90. The van der Waals surface area contributed by atoms with Crippen LogP contribution in [0.25, 0.3) is 5.69 Å². The molecule has 0 radical (unpaired) electrons. The summed E-state index contributed by atoms with van der Waals surface area (Å²) in [5.74, 6) is 0.682. The summed E-state index contributed by atoms with van der Waals surface area (Å²) in [7, 11) is 0. The van der Waals surface area contributed by atoms with Crippen LogP contribution in [0.5, 0.6) is 0 Å². The van der Waals surface area contributed by atoms with Crippen LogP contribution >= 0.6 is 15.9 Å². The van der Waals surface area contributed by atoms with Gasteiger partial charge in [0.1, 0.15) is 0 Å². The number of nitrogens with zero attached hydrogens (tertiary/aromatic N) is 2. The summed E-state index contributed by atoms with van der Waals surface area (Å²) in [6.07, 6.45) is 8.38. The lowest BCUT2D eigenvalue weighted by Crippen LogP contribution is -2.26. The van der Waals surface area contributed by atoms with Gasteiger partial charge in [0.25, 0.3) is 0 Å². The molecule has 0 amide bonds. The fourth-order valence-electron chi connectivity index (χ4n) is 3.25. The van der Waals surface area contributed by atoms with E-state index in [1.165, 1.54) is 49.0 Å². The van der Waals surface area contributed by atoms with E-state index in [-0.39, 0.29) is 0 Å². The van der Waals surface area contributed by atoms with E-state index in [1.54, 1.807) is 0 Å². The maximum Gasteiger partial charge on any atom is 0.0649 e. The van der Waals surface area contributed by atoms with Gasteiger partial charge in [-0.15, -0.1) is 0 Å². The number of aromatic nitrogens is 2. The van der Waals surface area contributed by atoms with Gasteiger partial charge in [0, 0.05) is 12.0 Å². The number of hydrogen-bond acceptors (Lipinski definition) is 2. The van der Waals surface area contributed by atoms with Crippen molar-refractivity contribution in [3.05, 3.63) is 46.2 Å². The van der Waals surface area contributed by atoms with Crippen LogP contribution < -0.4 is 5.32 Å². The molecular formula is C17H20BrN3. The average Bonchev–Trinajstić information content (AvgIpc) is 3.31. The lowest BCUT2D eigenvalue weighted by molar-refractivity contribution is 0.412. The van der Waals surface area contributed by atoms with E-state index in [1.807, 2.05) is 6.20 Å². The largest absolute Gasteiger partial charge is 0.310 e. The number of rotatable bonds is 3. The molecule has 2 fully saturated rings. The standard InChI is InChI=1S/C17H20BrN3/c18-15-11-20-21(17(15)13-4-5-13)14-8-6-12(7-9-14)16-3-1-2-10-19-16/h6-9,11,13,16,19H,1-5,10H2. The van der Waals surface area contributed by atoms with E-state index in [0.717, 1.165) is 11.0 Å². The lowest BCUT2D eigenvalue weighted by Gasteiger charge is -2.24. The summed E-state index contributed by atoms with van der Waals surface area (Å²) in [5, 5.41) is 8.15. The molecule has 1 saturated carbocycles. The molecule has 2 aromatic rings. The van der Waals surface area contributed by atoms with Gasteiger partial charge in [-0.1, -0.05) is 18.6 Å². The molecule has 0 spiro atoms. The summed E-state index contributed by atoms with van der Waals surface area (Å²) in [5.41, 5.74) is 3.90. The Kier molecular flexibility index (Phi) is 3.59. The van der Waals surface area contributed by atoms with Crippen LogP contribution in [0.15, 0.2) is 34.9 Å². The maximum absolute atomic E-state index is 4.54. The summed E-state index contributed by atoms with van der Waals surface area (Å²) in [6, 6.07) is 9.45. The molecule has 2 aliphatic rings. The topological polar surface area (TPSA) is 29.9 Å². The molecule has 4 heteroatoms. The maximum atomic E-state index is 4.54. The molecule has 1 unspecified atom stereocenters. The Labute approximate surface area is 133 Å². The first-order chi connectivity index (χ1) is 10.3. The van der Waals surface area contributed by atoms with E-state index < -0.39 is 0 Å². The fraction of sp³-hybridized carbons (Fsp3) is 0.471. The van der Waals surface area contributed by atoms with Gasteiger partial charge in [-0.2, -0.15) is 5.10 Å². The lowest BCUT2D eigenvalue weighted by atomic mass is 9.97. The quantitative estimate of drug-likeness (QED) is 0.897. The zero-order valence-corrected chi connectivity index (χ0v) is 13.6. The highest BCUT2D eigenvalue weighted by Gasteiger charge is 2.30. The smallest absolute Gasteiger partial charge is 0.0649 e. The van der Waals surface area contributed by atoms with Crippen LogP contribution in [0.4, 0.5) is 0 Å². The third-order valence-electron chi connectivity index (χ3n) is 4.57. The summed E-state index contributed by atoms with van der Waals surface area (Å²) < 4.78 is 3.24. The van der Waals surface area contributed by atoms with Gasteiger partial charge < -0.3 is 5.32 Å². The second-order valence-corrected chi connectivity index (χ2v) is 7.01. The van der Waals surface area contributed by atoms with Gasteiger partial charge in [0.2, 0.25) is 0 Å². The third-order valence-corrected chi connectivity index (χ3v) is 5.18. The molecule has 21 heavy (non-hydrogen) atoms. The second kappa shape index (κ2) is 5.58. The third kappa shape index (κ3) is 2.67. The van der Waals surface area contributed by atoms with Gasteiger partial charge in [0.15, 0.2) is 0 Å². The van der Waals surface area contributed by atoms with Crippen molar-refractivity contribution in [2.45, 2.75) is 44.1 Å². The van der Waals surface area contributed by atoms with Crippen molar-refractivity contribution in [2.75, 3.05) is 6.54 Å². The number of piperidine rings is 1. The van der Waals surface area contributed by atoms with Crippen LogP contribution in [0.1, 0.15) is 55.3 Å². The zero-order valence-electron chi connectivity index (χ0n) is 12.1. The van der Waals surface area contributed by atoms with Crippen molar-refractivity contribution < 1.29 is 0 Å². The minimum atomic E-state index is 0.528. The van der Waals surface area contributed by atoms with Crippen LogP contribution in [-0.2, 0) is 0 Å². The molecule has 3 nitrogen and oxygen atoms in total. The molecule has 2 heterocycles. The van der Waals surface area contributed by atoms with Crippen LogP contribution in [-0.4, -0.2) is 16.3 Å². The SMILES string of the molecule is Brc1cnn(-c2ccc(C3CCCCN3)cc2)c1C1CC1. The second-order valence-electron chi connectivity index (χ2n) is 6.16. The number of halogens is 1. The van der Waals surface area contributed by atoms with E-state index in [9.17, 15) is 0 Å². The number of hydrogen-bond donors (Lipinski definition) is 1. The van der Waals surface area contributed by atoms with Crippen molar-refractivity contribution in [1.82, 2.24) is 15.1 Å². The molecule has 1 aliphatic heterocycles. The highest BCUT2D eigenvalue weighted by Crippen LogP contribution is 2.44. The summed E-state index contributed by atoms with van der Waals surface area (Å²) >= 11 is 3.64. The predicted molar refractivity (Wildman–Crippen MR) is 87.8 cm³/mol. The molecule has 1 aliphatic carbocycles. The average molecular weight is 346 g/mol. The normalized spacial score (nSPS) is 22.4. The van der Waals surface area contributed by atoms with E-state index in [4.69, 9.17) is 0 Å². The molecule has 1 aromatic heterocycles. The van der Waals surface area contributed by atoms with Gasteiger partial charge in [-0.3, -0.25) is 0 Å². The van der Waals surface area contributed by atoms with Gasteiger partial charge in [-0.25, -0.2) is 4.68 Å². The molecule has 1 aromatic carbocycles. The molecule has 1 N–H and O–H groups in total. The van der Waals surface area contributed by atoms with Crippen molar-refractivity contribution in [3.63, 3.8) is 0 Å². The van der Waals surface area contributed by atoms with Gasteiger partial charge >= 0.3 is 0 Å². The van der Waals surface area contributed by atoms with E-state index in [0.29, 0.717) is 12.0 Å². The van der Waals surface area contributed by atoms with Crippen LogP contribution in [0, 0.1) is 0 Å². The molecule has 1 saturated heterocycles. The molecular weight excluding hydrogens is 326 g/mol. The van der Waals surface area contributed by atoms with Crippen molar-refractivity contribution in [1.29, 1.82) is 0 Å². The van der Waals surface area contributed by atoms with Crippen molar-refractivity contribution >= 4 is 15.9 Å². The molecule has 4 rings (SSSR count). The highest BCUT2D eigenvalue weighted by molar-refractivity contribution is 9.10. The highest BCUT2D eigenvalue weighted by atomic mass is 79.9. The Bertz CT molecular complexity index is 622. The van der Waals surface area contributed by atoms with Crippen LogP contribution in [0.3, 0.4) is 0 Å². The Balaban J connectivity index is 1.61. The van der Waals surface area contributed by atoms with E-state index >= 15 is 0 Å². The summed E-state index contributed by atoms with van der Waals surface area (Å²) in [4.78, 5) is 0. The first kappa shape index (κ1) is 13.5. The van der Waals surface area contributed by atoms with Crippen molar-refractivity contribution in [3.8, 4) is 5.69 Å². The Morgan fingerprint density at radius 2 is 1.90 bits per heavy atom. The molecule has 0 bridgehead atoms. The predicted octanol–water partition coefficient (Wildman–Crippen LogP) is 4.33.